The third-order valence-electron chi connectivity index (χ3n) is 3.39. The van der Waals surface area contributed by atoms with Crippen LogP contribution in [0.2, 0.25) is 0 Å². The SMILES string of the molecule is O=C(NCCCOCC1CC1)NCCc1cccc(F)c1. The third kappa shape index (κ3) is 7.09. The fraction of sp³-hybridized carbons (Fsp3) is 0.562. The maximum absolute atomic E-state index is 13.0. The summed E-state index contributed by atoms with van der Waals surface area (Å²) in [6.07, 6.45) is 4.04. The lowest BCUT2D eigenvalue weighted by atomic mass is 10.1. The Morgan fingerprint density at radius 1 is 1.29 bits per heavy atom. The zero-order valence-electron chi connectivity index (χ0n) is 12.2. The molecule has 1 aliphatic carbocycles. The highest BCUT2D eigenvalue weighted by atomic mass is 19.1. The molecule has 21 heavy (non-hydrogen) atoms. The standard InChI is InChI=1S/C16H23FN2O2/c17-15-4-1-3-13(11-15)7-9-19-16(20)18-8-2-10-21-12-14-5-6-14/h1,3-4,11,14H,2,5-10,12H2,(H2,18,19,20). The molecule has 1 aromatic carbocycles. The van der Waals surface area contributed by atoms with Crippen LogP contribution in [0.1, 0.15) is 24.8 Å². The second-order valence-electron chi connectivity index (χ2n) is 5.43. The van der Waals surface area contributed by atoms with Crippen LogP contribution in [0.4, 0.5) is 9.18 Å². The first kappa shape index (κ1) is 15.8. The monoisotopic (exact) mass is 294 g/mol. The van der Waals surface area contributed by atoms with E-state index in [9.17, 15) is 9.18 Å². The number of hydrogen-bond donors (Lipinski definition) is 2. The maximum Gasteiger partial charge on any atom is 0.314 e. The second kappa shape index (κ2) is 8.62. The summed E-state index contributed by atoms with van der Waals surface area (Å²) in [6, 6.07) is 6.23. The number of hydrogen-bond acceptors (Lipinski definition) is 2. The van der Waals surface area contributed by atoms with Crippen molar-refractivity contribution in [1.82, 2.24) is 10.6 Å². The van der Waals surface area contributed by atoms with Gasteiger partial charge in [-0.1, -0.05) is 12.1 Å². The average molecular weight is 294 g/mol. The fourth-order valence-corrected chi connectivity index (χ4v) is 1.99. The molecule has 2 N–H and O–H groups in total. The number of amides is 2. The Balaban J connectivity index is 1.45. The van der Waals surface area contributed by atoms with Gasteiger partial charge in [0.05, 0.1) is 0 Å². The smallest absolute Gasteiger partial charge is 0.314 e. The van der Waals surface area contributed by atoms with Crippen LogP contribution >= 0.6 is 0 Å². The van der Waals surface area contributed by atoms with Gasteiger partial charge in [-0.15, -0.1) is 0 Å². The van der Waals surface area contributed by atoms with Crippen LogP contribution in [0.25, 0.3) is 0 Å². The van der Waals surface area contributed by atoms with Gasteiger partial charge in [-0.25, -0.2) is 9.18 Å². The van der Waals surface area contributed by atoms with Crippen molar-refractivity contribution in [3.05, 3.63) is 35.6 Å². The summed E-state index contributed by atoms with van der Waals surface area (Å²) < 4.78 is 18.4. The molecule has 116 valence electrons. The van der Waals surface area contributed by atoms with Crippen molar-refractivity contribution in [3.63, 3.8) is 0 Å². The Morgan fingerprint density at radius 3 is 2.86 bits per heavy atom. The van der Waals surface area contributed by atoms with Crippen molar-refractivity contribution in [1.29, 1.82) is 0 Å². The van der Waals surface area contributed by atoms with E-state index in [0.29, 0.717) is 26.1 Å². The first-order valence-corrected chi connectivity index (χ1v) is 7.58. The van der Waals surface area contributed by atoms with Gasteiger partial charge in [-0.05, 0) is 49.3 Å². The van der Waals surface area contributed by atoms with Crippen LogP contribution in [0.15, 0.2) is 24.3 Å². The van der Waals surface area contributed by atoms with Gasteiger partial charge in [-0.2, -0.15) is 0 Å². The van der Waals surface area contributed by atoms with Gasteiger partial charge in [-0.3, -0.25) is 0 Å². The number of carbonyl (C=O) groups excluding carboxylic acids is 1. The van der Waals surface area contributed by atoms with E-state index in [4.69, 9.17) is 4.74 Å². The molecule has 2 amide bonds. The molecule has 0 saturated heterocycles. The van der Waals surface area contributed by atoms with E-state index in [1.807, 2.05) is 6.07 Å². The van der Waals surface area contributed by atoms with Crippen LogP contribution in [0, 0.1) is 11.7 Å². The molecule has 0 bridgehead atoms. The highest BCUT2D eigenvalue weighted by molar-refractivity contribution is 5.73. The molecule has 5 heteroatoms. The summed E-state index contributed by atoms with van der Waals surface area (Å²) in [4.78, 5) is 11.5. The predicted octanol–water partition coefficient (Wildman–Crippen LogP) is 2.48. The van der Waals surface area contributed by atoms with Crippen molar-refractivity contribution in [2.24, 2.45) is 5.92 Å². The average Bonchev–Trinajstić information content (AvgIpc) is 3.27. The van der Waals surface area contributed by atoms with E-state index in [-0.39, 0.29) is 11.8 Å². The molecule has 0 unspecified atom stereocenters. The van der Waals surface area contributed by atoms with Gasteiger partial charge < -0.3 is 15.4 Å². The molecule has 0 aliphatic heterocycles. The van der Waals surface area contributed by atoms with Crippen LogP contribution in [0.5, 0.6) is 0 Å². The number of nitrogens with one attached hydrogen (secondary N) is 2. The molecule has 1 aromatic rings. The van der Waals surface area contributed by atoms with Crippen molar-refractivity contribution >= 4 is 6.03 Å². The molecule has 2 rings (SSSR count). The van der Waals surface area contributed by atoms with E-state index in [1.165, 1.54) is 25.0 Å². The van der Waals surface area contributed by atoms with E-state index >= 15 is 0 Å². The Hall–Kier alpha value is -1.62. The number of rotatable bonds is 9. The van der Waals surface area contributed by atoms with Crippen LogP contribution < -0.4 is 10.6 Å². The number of halogens is 1. The van der Waals surface area contributed by atoms with Crippen molar-refractivity contribution < 1.29 is 13.9 Å². The summed E-state index contributed by atoms with van der Waals surface area (Å²) in [7, 11) is 0. The number of urea groups is 1. The molecule has 1 fully saturated rings. The molecule has 1 aliphatic rings. The summed E-state index contributed by atoms with van der Waals surface area (Å²) in [5, 5.41) is 5.54. The minimum Gasteiger partial charge on any atom is -0.381 e. The lowest BCUT2D eigenvalue weighted by Crippen LogP contribution is -2.37. The van der Waals surface area contributed by atoms with Crippen molar-refractivity contribution in [2.75, 3.05) is 26.3 Å². The Bertz CT molecular complexity index is 450. The summed E-state index contributed by atoms with van der Waals surface area (Å²) in [6.45, 7) is 2.66. The molecule has 0 spiro atoms. The largest absolute Gasteiger partial charge is 0.381 e. The molecular formula is C16H23FN2O2. The Morgan fingerprint density at radius 2 is 2.10 bits per heavy atom. The molecule has 4 nitrogen and oxygen atoms in total. The normalized spacial score (nSPS) is 14.0. The summed E-state index contributed by atoms with van der Waals surface area (Å²) in [5.74, 6) is 0.534. The van der Waals surface area contributed by atoms with Gasteiger partial charge in [0.25, 0.3) is 0 Å². The molecule has 0 radical (unpaired) electrons. The van der Waals surface area contributed by atoms with Crippen LogP contribution in [-0.2, 0) is 11.2 Å². The Labute approximate surface area is 125 Å². The topological polar surface area (TPSA) is 50.4 Å². The zero-order valence-corrected chi connectivity index (χ0v) is 12.2. The van der Waals surface area contributed by atoms with Crippen molar-refractivity contribution in [2.45, 2.75) is 25.7 Å². The number of carbonyl (C=O) groups is 1. The van der Waals surface area contributed by atoms with Gasteiger partial charge in [0.2, 0.25) is 0 Å². The zero-order chi connectivity index (χ0) is 14.9. The summed E-state index contributed by atoms with van der Waals surface area (Å²) >= 11 is 0. The first-order valence-electron chi connectivity index (χ1n) is 7.58. The minimum absolute atomic E-state index is 0.186. The van der Waals surface area contributed by atoms with Crippen LogP contribution in [-0.4, -0.2) is 32.3 Å². The minimum atomic E-state index is -0.247. The fourth-order valence-electron chi connectivity index (χ4n) is 1.99. The first-order chi connectivity index (χ1) is 10.2. The highest BCUT2D eigenvalue weighted by Gasteiger charge is 2.20. The van der Waals surface area contributed by atoms with Crippen molar-refractivity contribution in [3.8, 4) is 0 Å². The molecule has 1 saturated carbocycles. The Kier molecular flexibility index (Phi) is 6.47. The van der Waals surface area contributed by atoms with E-state index in [2.05, 4.69) is 10.6 Å². The molecular weight excluding hydrogens is 271 g/mol. The van der Waals surface area contributed by atoms with Gasteiger partial charge >= 0.3 is 6.03 Å². The van der Waals surface area contributed by atoms with E-state index in [0.717, 1.165) is 24.5 Å². The third-order valence-corrected chi connectivity index (χ3v) is 3.39. The van der Waals surface area contributed by atoms with E-state index in [1.54, 1.807) is 6.07 Å². The van der Waals surface area contributed by atoms with Gasteiger partial charge in [0.15, 0.2) is 0 Å². The maximum atomic E-state index is 13.0. The lowest BCUT2D eigenvalue weighted by Gasteiger charge is -2.08. The lowest BCUT2D eigenvalue weighted by molar-refractivity contribution is 0.122. The number of ether oxygens (including phenoxy) is 1. The second-order valence-corrected chi connectivity index (χ2v) is 5.43. The van der Waals surface area contributed by atoms with Gasteiger partial charge in [0, 0.05) is 26.3 Å². The molecule has 0 heterocycles. The predicted molar refractivity (Wildman–Crippen MR) is 79.7 cm³/mol. The highest BCUT2D eigenvalue weighted by Crippen LogP contribution is 2.28. The molecule has 0 aromatic heterocycles. The quantitative estimate of drug-likeness (QED) is 0.687. The molecule has 0 atom stereocenters. The number of benzene rings is 1. The summed E-state index contributed by atoms with van der Waals surface area (Å²) in [5.41, 5.74) is 0.878. The van der Waals surface area contributed by atoms with Crippen LogP contribution in [0.3, 0.4) is 0 Å². The van der Waals surface area contributed by atoms with Gasteiger partial charge in [0.1, 0.15) is 5.82 Å². The van der Waals surface area contributed by atoms with E-state index < -0.39 is 0 Å².